The Labute approximate surface area is 139 Å². The van der Waals surface area contributed by atoms with Gasteiger partial charge in [0, 0.05) is 30.8 Å². The minimum absolute atomic E-state index is 0.0301. The summed E-state index contributed by atoms with van der Waals surface area (Å²) in [5.41, 5.74) is 1.19. The molecular weight excluding hydrogens is 318 g/mol. The number of carbonyl (C=O) groups excluding carboxylic acids is 2. The third-order valence-corrected chi connectivity index (χ3v) is 4.34. The Bertz CT molecular complexity index is 647. The number of alkyl halides is 2. The highest BCUT2D eigenvalue weighted by atomic mass is 19.3. The second-order valence-corrected chi connectivity index (χ2v) is 6.35. The predicted molar refractivity (Wildman–Crippen MR) is 84.1 cm³/mol. The molecule has 1 saturated heterocycles. The molecule has 1 aromatic rings. The number of nitrogens with zero attached hydrogens (tertiary/aromatic N) is 1. The van der Waals surface area contributed by atoms with Gasteiger partial charge >= 0.3 is 0 Å². The number of carbonyl (C=O) groups is 2. The van der Waals surface area contributed by atoms with E-state index in [9.17, 15) is 18.4 Å². The quantitative estimate of drug-likeness (QED) is 0.867. The molecule has 2 aliphatic rings. The van der Waals surface area contributed by atoms with Gasteiger partial charge in [0.1, 0.15) is 12.4 Å². The molecule has 1 atom stereocenters. The van der Waals surface area contributed by atoms with Crippen molar-refractivity contribution in [1.82, 2.24) is 4.90 Å². The number of likely N-dealkylation sites (tertiary alicyclic amines) is 1. The maximum absolute atomic E-state index is 12.4. The Kier molecular flexibility index (Phi) is 4.69. The average molecular weight is 338 g/mol. The van der Waals surface area contributed by atoms with Gasteiger partial charge in [0.25, 0.3) is 6.43 Å². The highest BCUT2D eigenvalue weighted by Crippen LogP contribution is 2.33. The second kappa shape index (κ2) is 6.75. The van der Waals surface area contributed by atoms with Crippen LogP contribution in [0.4, 0.5) is 14.5 Å². The van der Waals surface area contributed by atoms with Crippen molar-refractivity contribution in [3.63, 3.8) is 0 Å². The molecule has 0 aromatic heterocycles. The molecule has 3 rings (SSSR count). The standard InChI is InChI=1S/C17H20F2N2O3/c1-10-2-3-12(7-14(10)24-9-15(18)19)20-17(23)11-6-16(22)21(8-11)13-4-5-13/h2-3,7,11,13,15H,4-6,8-9H2,1H3,(H,20,23)/t11-/m0/s1. The normalized spacial score (nSPS) is 20.6. The summed E-state index contributed by atoms with van der Waals surface area (Å²) in [5, 5.41) is 2.75. The van der Waals surface area contributed by atoms with Gasteiger partial charge in [0.05, 0.1) is 5.92 Å². The van der Waals surface area contributed by atoms with E-state index in [1.54, 1.807) is 24.0 Å². The maximum Gasteiger partial charge on any atom is 0.272 e. The van der Waals surface area contributed by atoms with Crippen LogP contribution in [0.25, 0.3) is 0 Å². The number of ether oxygens (including phenoxy) is 1. The van der Waals surface area contributed by atoms with Gasteiger partial charge in [0.2, 0.25) is 11.8 Å². The molecular formula is C17H20F2N2O3. The van der Waals surface area contributed by atoms with Crippen molar-refractivity contribution in [3.05, 3.63) is 23.8 Å². The molecule has 1 saturated carbocycles. The second-order valence-electron chi connectivity index (χ2n) is 6.35. The summed E-state index contributed by atoms with van der Waals surface area (Å²) in [4.78, 5) is 26.1. The van der Waals surface area contributed by atoms with Crippen LogP contribution < -0.4 is 10.1 Å². The molecule has 1 aliphatic carbocycles. The summed E-state index contributed by atoms with van der Waals surface area (Å²) in [5.74, 6) is -0.252. The molecule has 0 spiro atoms. The number of rotatable bonds is 6. The van der Waals surface area contributed by atoms with E-state index in [-0.39, 0.29) is 24.2 Å². The molecule has 5 nitrogen and oxygen atoms in total. The van der Waals surface area contributed by atoms with Crippen LogP contribution in [0, 0.1) is 12.8 Å². The number of hydrogen-bond donors (Lipinski definition) is 1. The van der Waals surface area contributed by atoms with E-state index >= 15 is 0 Å². The zero-order valence-electron chi connectivity index (χ0n) is 13.4. The van der Waals surface area contributed by atoms with Gasteiger partial charge in [-0.15, -0.1) is 0 Å². The third-order valence-electron chi connectivity index (χ3n) is 4.34. The third kappa shape index (κ3) is 3.83. The molecule has 0 unspecified atom stereocenters. The lowest BCUT2D eigenvalue weighted by atomic mass is 10.1. The molecule has 130 valence electrons. The van der Waals surface area contributed by atoms with Crippen molar-refractivity contribution in [3.8, 4) is 5.75 Å². The number of nitrogens with one attached hydrogen (secondary N) is 1. The van der Waals surface area contributed by atoms with Gasteiger partial charge in [-0.2, -0.15) is 0 Å². The number of benzene rings is 1. The Balaban J connectivity index is 1.62. The first-order valence-electron chi connectivity index (χ1n) is 8.06. The summed E-state index contributed by atoms with van der Waals surface area (Å²) in [6, 6.07) is 5.24. The Hall–Kier alpha value is -2.18. The molecule has 1 aliphatic heterocycles. The first-order valence-corrected chi connectivity index (χ1v) is 8.06. The van der Waals surface area contributed by atoms with E-state index in [4.69, 9.17) is 4.74 Å². The van der Waals surface area contributed by atoms with Crippen LogP contribution in [0.1, 0.15) is 24.8 Å². The molecule has 1 N–H and O–H groups in total. The van der Waals surface area contributed by atoms with E-state index in [0.717, 1.165) is 12.8 Å². The van der Waals surface area contributed by atoms with Crippen molar-refractivity contribution < 1.29 is 23.1 Å². The highest BCUT2D eigenvalue weighted by Gasteiger charge is 2.41. The zero-order chi connectivity index (χ0) is 17.3. The number of halogens is 2. The van der Waals surface area contributed by atoms with Crippen LogP contribution in [-0.4, -0.2) is 42.3 Å². The Morgan fingerprint density at radius 3 is 2.83 bits per heavy atom. The fraction of sp³-hybridized carbons (Fsp3) is 0.529. The van der Waals surface area contributed by atoms with Crippen LogP contribution in [0.2, 0.25) is 0 Å². The number of aryl methyl sites for hydroxylation is 1. The lowest BCUT2D eigenvalue weighted by Crippen LogP contribution is -2.29. The molecule has 7 heteroatoms. The van der Waals surface area contributed by atoms with Crippen molar-refractivity contribution in [2.45, 2.75) is 38.7 Å². The average Bonchev–Trinajstić information content (AvgIpc) is 3.30. The van der Waals surface area contributed by atoms with Gasteiger partial charge in [-0.05, 0) is 31.4 Å². The van der Waals surface area contributed by atoms with Crippen LogP contribution in [0.5, 0.6) is 5.75 Å². The van der Waals surface area contributed by atoms with Crippen molar-refractivity contribution in [2.24, 2.45) is 5.92 Å². The Morgan fingerprint density at radius 1 is 1.42 bits per heavy atom. The minimum atomic E-state index is -2.56. The minimum Gasteiger partial charge on any atom is -0.487 e. The van der Waals surface area contributed by atoms with Gasteiger partial charge < -0.3 is 15.0 Å². The maximum atomic E-state index is 12.4. The largest absolute Gasteiger partial charge is 0.487 e. The number of amides is 2. The molecule has 2 fully saturated rings. The lowest BCUT2D eigenvalue weighted by molar-refractivity contribution is -0.128. The monoisotopic (exact) mass is 338 g/mol. The summed E-state index contributed by atoms with van der Waals surface area (Å²) in [6.45, 7) is 1.51. The SMILES string of the molecule is Cc1ccc(NC(=O)[C@H]2CC(=O)N(C3CC3)C2)cc1OCC(F)F. The van der Waals surface area contributed by atoms with Gasteiger partial charge in [0.15, 0.2) is 0 Å². The van der Waals surface area contributed by atoms with Crippen molar-refractivity contribution >= 4 is 17.5 Å². The zero-order valence-corrected chi connectivity index (χ0v) is 13.4. The lowest BCUT2D eigenvalue weighted by Gasteiger charge is -2.16. The van der Waals surface area contributed by atoms with Gasteiger partial charge in [-0.1, -0.05) is 6.07 Å². The number of hydrogen-bond acceptors (Lipinski definition) is 3. The van der Waals surface area contributed by atoms with E-state index in [1.807, 2.05) is 0 Å². The van der Waals surface area contributed by atoms with E-state index in [0.29, 0.717) is 29.6 Å². The molecule has 2 amide bonds. The first-order chi connectivity index (χ1) is 11.4. The molecule has 24 heavy (non-hydrogen) atoms. The summed E-state index contributed by atoms with van der Waals surface area (Å²) < 4.78 is 29.6. The molecule has 0 radical (unpaired) electrons. The molecule has 1 heterocycles. The first kappa shape index (κ1) is 16.7. The smallest absolute Gasteiger partial charge is 0.272 e. The fourth-order valence-electron chi connectivity index (χ4n) is 2.88. The van der Waals surface area contributed by atoms with Crippen LogP contribution in [-0.2, 0) is 9.59 Å². The van der Waals surface area contributed by atoms with E-state index in [2.05, 4.69) is 5.32 Å². The highest BCUT2D eigenvalue weighted by molar-refractivity contribution is 5.97. The predicted octanol–water partition coefficient (Wildman–Crippen LogP) is 2.59. The van der Waals surface area contributed by atoms with Gasteiger partial charge in [-0.25, -0.2) is 8.78 Å². The van der Waals surface area contributed by atoms with Crippen molar-refractivity contribution in [2.75, 3.05) is 18.5 Å². The summed E-state index contributed by atoms with van der Waals surface area (Å²) >= 11 is 0. The van der Waals surface area contributed by atoms with Crippen LogP contribution >= 0.6 is 0 Å². The Morgan fingerprint density at radius 2 is 2.17 bits per heavy atom. The topological polar surface area (TPSA) is 58.6 Å². The molecule has 1 aromatic carbocycles. The van der Waals surface area contributed by atoms with E-state index < -0.39 is 13.0 Å². The van der Waals surface area contributed by atoms with Crippen molar-refractivity contribution in [1.29, 1.82) is 0 Å². The summed E-state index contributed by atoms with van der Waals surface area (Å²) in [7, 11) is 0. The molecule has 0 bridgehead atoms. The number of anilines is 1. The van der Waals surface area contributed by atoms with E-state index in [1.165, 1.54) is 6.07 Å². The van der Waals surface area contributed by atoms with Crippen LogP contribution in [0.15, 0.2) is 18.2 Å². The fourth-order valence-corrected chi connectivity index (χ4v) is 2.88. The summed E-state index contributed by atoms with van der Waals surface area (Å²) in [6.07, 6.45) is -0.296. The van der Waals surface area contributed by atoms with Crippen LogP contribution in [0.3, 0.4) is 0 Å². The van der Waals surface area contributed by atoms with Gasteiger partial charge in [-0.3, -0.25) is 9.59 Å².